The van der Waals surface area contributed by atoms with Crippen LogP contribution >= 0.6 is 0 Å². The van der Waals surface area contributed by atoms with E-state index in [9.17, 15) is 0 Å². The second kappa shape index (κ2) is 3.55. The number of hydrogen-bond acceptors (Lipinski definition) is 4. The molecule has 1 aliphatic carbocycles. The number of aryl methyl sites for hydroxylation is 1. The van der Waals surface area contributed by atoms with E-state index in [-0.39, 0.29) is 5.54 Å². The molecule has 0 spiro atoms. The molecule has 3 heterocycles. The first kappa shape index (κ1) is 11.2. The standard InChI is InChI=1S/C13H21N3O/c1-8(2)16-11-5-9(3)6-13(16,7-11)12-15-14-10(4)17-12/h8-9,11H,5-7H2,1-4H3. The molecule has 4 heteroatoms. The van der Waals surface area contributed by atoms with Gasteiger partial charge in [0.15, 0.2) is 0 Å². The third kappa shape index (κ3) is 1.46. The van der Waals surface area contributed by atoms with Gasteiger partial charge in [-0.05, 0) is 39.0 Å². The Morgan fingerprint density at radius 1 is 1.35 bits per heavy atom. The van der Waals surface area contributed by atoms with E-state index < -0.39 is 0 Å². The van der Waals surface area contributed by atoms with Gasteiger partial charge in [-0.3, -0.25) is 4.90 Å². The Hall–Kier alpha value is -0.900. The molecule has 3 atom stereocenters. The molecule has 1 aromatic rings. The lowest BCUT2D eigenvalue weighted by atomic mass is 9.63. The van der Waals surface area contributed by atoms with Gasteiger partial charge in [0.05, 0.1) is 0 Å². The number of piperidine rings is 1. The van der Waals surface area contributed by atoms with Gasteiger partial charge >= 0.3 is 0 Å². The Bertz CT molecular complexity index is 428. The van der Waals surface area contributed by atoms with Crippen LogP contribution in [0.1, 0.15) is 51.8 Å². The second-order valence-electron chi connectivity index (χ2n) is 6.06. The van der Waals surface area contributed by atoms with Crippen molar-refractivity contribution in [3.63, 3.8) is 0 Å². The van der Waals surface area contributed by atoms with E-state index in [1.165, 1.54) is 12.8 Å². The minimum atomic E-state index is 0.0394. The lowest BCUT2D eigenvalue weighted by Crippen LogP contribution is -2.69. The van der Waals surface area contributed by atoms with Gasteiger partial charge in [0.1, 0.15) is 5.54 Å². The maximum absolute atomic E-state index is 5.73. The lowest BCUT2D eigenvalue weighted by molar-refractivity contribution is -0.166. The van der Waals surface area contributed by atoms with E-state index >= 15 is 0 Å². The van der Waals surface area contributed by atoms with Crippen LogP contribution in [0, 0.1) is 12.8 Å². The molecule has 3 unspecified atom stereocenters. The number of aromatic nitrogens is 2. The fourth-order valence-corrected chi connectivity index (χ4v) is 4.03. The highest BCUT2D eigenvalue weighted by molar-refractivity contribution is 5.18. The van der Waals surface area contributed by atoms with Crippen LogP contribution in [0.5, 0.6) is 0 Å². The minimum Gasteiger partial charge on any atom is -0.424 e. The molecule has 4 rings (SSSR count). The Morgan fingerprint density at radius 2 is 2.12 bits per heavy atom. The van der Waals surface area contributed by atoms with Crippen LogP contribution in [-0.4, -0.2) is 27.2 Å². The average molecular weight is 235 g/mol. The predicted molar refractivity (Wildman–Crippen MR) is 64.5 cm³/mol. The molecule has 1 saturated carbocycles. The van der Waals surface area contributed by atoms with E-state index in [1.807, 2.05) is 6.92 Å². The fraction of sp³-hybridized carbons (Fsp3) is 0.846. The highest BCUT2D eigenvalue weighted by Crippen LogP contribution is 2.56. The van der Waals surface area contributed by atoms with Crippen molar-refractivity contribution in [3.05, 3.63) is 11.8 Å². The summed E-state index contributed by atoms with van der Waals surface area (Å²) in [6, 6.07) is 1.26. The Kier molecular flexibility index (Phi) is 2.34. The average Bonchev–Trinajstić information content (AvgIpc) is 2.62. The summed E-state index contributed by atoms with van der Waals surface area (Å²) in [7, 11) is 0. The van der Waals surface area contributed by atoms with Crippen LogP contribution in [0.3, 0.4) is 0 Å². The van der Waals surface area contributed by atoms with Gasteiger partial charge in [0, 0.05) is 19.0 Å². The molecule has 0 amide bonds. The van der Waals surface area contributed by atoms with Gasteiger partial charge in [-0.15, -0.1) is 10.2 Å². The number of rotatable bonds is 2. The summed E-state index contributed by atoms with van der Waals surface area (Å²) in [5, 5.41) is 8.30. The smallest absolute Gasteiger partial charge is 0.236 e. The molecule has 1 aromatic heterocycles. The summed E-state index contributed by atoms with van der Waals surface area (Å²) in [4.78, 5) is 2.58. The van der Waals surface area contributed by atoms with Crippen molar-refractivity contribution in [1.82, 2.24) is 15.1 Å². The van der Waals surface area contributed by atoms with E-state index in [1.54, 1.807) is 0 Å². The molecule has 17 heavy (non-hydrogen) atoms. The first-order valence-electron chi connectivity index (χ1n) is 6.62. The Morgan fingerprint density at radius 3 is 2.71 bits per heavy atom. The monoisotopic (exact) mass is 235 g/mol. The zero-order chi connectivity index (χ0) is 12.2. The molecular formula is C13H21N3O. The van der Waals surface area contributed by atoms with Gasteiger partial charge in [-0.1, -0.05) is 6.92 Å². The number of fused-ring (bicyclic) bond motifs is 2. The molecular weight excluding hydrogens is 214 g/mol. The van der Waals surface area contributed by atoms with Gasteiger partial charge in [-0.25, -0.2) is 0 Å². The zero-order valence-corrected chi connectivity index (χ0v) is 11.1. The number of nitrogens with zero attached hydrogens (tertiary/aromatic N) is 3. The molecule has 94 valence electrons. The van der Waals surface area contributed by atoms with Gasteiger partial charge in [0.2, 0.25) is 11.8 Å². The first-order valence-corrected chi connectivity index (χ1v) is 6.62. The van der Waals surface area contributed by atoms with E-state index in [4.69, 9.17) is 4.42 Å². The Balaban J connectivity index is 1.98. The molecule has 3 fully saturated rings. The highest BCUT2D eigenvalue weighted by atomic mass is 16.4. The SMILES string of the molecule is Cc1nnc(C23CC(C)CC(C2)N3C(C)C)o1. The van der Waals surface area contributed by atoms with Crippen LogP contribution in [0.4, 0.5) is 0 Å². The summed E-state index contributed by atoms with van der Waals surface area (Å²) >= 11 is 0. The first-order chi connectivity index (χ1) is 8.03. The quantitative estimate of drug-likeness (QED) is 0.789. The van der Waals surface area contributed by atoms with Crippen LogP contribution in [0.15, 0.2) is 4.42 Å². The van der Waals surface area contributed by atoms with E-state index in [0.717, 1.165) is 18.2 Å². The van der Waals surface area contributed by atoms with Crippen molar-refractivity contribution < 1.29 is 4.42 Å². The van der Waals surface area contributed by atoms with Crippen LogP contribution in [-0.2, 0) is 5.54 Å². The third-order valence-corrected chi connectivity index (χ3v) is 4.30. The molecule has 4 nitrogen and oxygen atoms in total. The highest BCUT2D eigenvalue weighted by Gasteiger charge is 2.60. The predicted octanol–water partition coefficient (Wildman–Crippen LogP) is 2.49. The molecule has 2 aliphatic heterocycles. The summed E-state index contributed by atoms with van der Waals surface area (Å²) in [6.07, 6.45) is 3.66. The van der Waals surface area contributed by atoms with Gasteiger partial charge in [-0.2, -0.15) is 0 Å². The number of hydrogen-bond donors (Lipinski definition) is 0. The molecule has 3 aliphatic rings. The van der Waals surface area contributed by atoms with Crippen molar-refractivity contribution in [1.29, 1.82) is 0 Å². The molecule has 2 saturated heterocycles. The fourth-order valence-electron chi connectivity index (χ4n) is 4.03. The van der Waals surface area contributed by atoms with Gasteiger partial charge in [0.25, 0.3) is 0 Å². The van der Waals surface area contributed by atoms with Crippen molar-refractivity contribution in [2.24, 2.45) is 5.92 Å². The maximum atomic E-state index is 5.73. The van der Waals surface area contributed by atoms with E-state index in [0.29, 0.717) is 18.0 Å². The van der Waals surface area contributed by atoms with Crippen molar-refractivity contribution in [2.75, 3.05) is 0 Å². The van der Waals surface area contributed by atoms with Crippen molar-refractivity contribution in [2.45, 2.75) is 64.6 Å². The van der Waals surface area contributed by atoms with Crippen LogP contribution in [0.25, 0.3) is 0 Å². The lowest BCUT2D eigenvalue weighted by Gasteiger charge is -2.63. The molecule has 2 bridgehead atoms. The molecule has 0 radical (unpaired) electrons. The van der Waals surface area contributed by atoms with Gasteiger partial charge < -0.3 is 4.42 Å². The third-order valence-electron chi connectivity index (χ3n) is 4.30. The Labute approximate surface area is 102 Å². The van der Waals surface area contributed by atoms with Crippen LogP contribution < -0.4 is 0 Å². The summed E-state index contributed by atoms with van der Waals surface area (Å²) in [5.41, 5.74) is 0.0394. The largest absolute Gasteiger partial charge is 0.424 e. The normalized spacial score (nSPS) is 37.2. The van der Waals surface area contributed by atoms with Crippen molar-refractivity contribution in [3.8, 4) is 0 Å². The van der Waals surface area contributed by atoms with Crippen LogP contribution in [0.2, 0.25) is 0 Å². The zero-order valence-electron chi connectivity index (χ0n) is 11.1. The second-order valence-corrected chi connectivity index (χ2v) is 6.06. The maximum Gasteiger partial charge on any atom is 0.236 e. The minimum absolute atomic E-state index is 0.0394. The summed E-state index contributed by atoms with van der Waals surface area (Å²) in [6.45, 7) is 8.73. The summed E-state index contributed by atoms with van der Waals surface area (Å²) < 4.78 is 5.73. The summed E-state index contributed by atoms with van der Waals surface area (Å²) in [5.74, 6) is 2.28. The van der Waals surface area contributed by atoms with Crippen molar-refractivity contribution >= 4 is 0 Å². The molecule has 0 aromatic carbocycles. The topological polar surface area (TPSA) is 42.2 Å². The molecule has 0 N–H and O–H groups in total. The van der Waals surface area contributed by atoms with E-state index in [2.05, 4.69) is 35.9 Å².